The summed E-state index contributed by atoms with van der Waals surface area (Å²) < 4.78 is 0. The number of hydrogen-bond acceptors (Lipinski definition) is 2. The number of allylic oxidation sites excluding steroid dienone is 2. The molecule has 2 heteroatoms. The van der Waals surface area contributed by atoms with Crippen molar-refractivity contribution in [2.24, 2.45) is 23.7 Å². The standard InChI is InChI=1S/C13H24N2/c1-14(2)8-12-10-5-6-11(7-10)13(12)9-15(3)4/h5-6,10-13H,7-9H2,1-4H3. The molecule has 0 radical (unpaired) electrons. The van der Waals surface area contributed by atoms with E-state index in [1.54, 1.807) is 0 Å². The zero-order valence-electron chi connectivity index (χ0n) is 10.5. The van der Waals surface area contributed by atoms with Crippen molar-refractivity contribution in [3.8, 4) is 0 Å². The monoisotopic (exact) mass is 208 g/mol. The highest BCUT2D eigenvalue weighted by Gasteiger charge is 2.44. The van der Waals surface area contributed by atoms with Crippen LogP contribution in [0.1, 0.15) is 6.42 Å². The van der Waals surface area contributed by atoms with Crippen LogP contribution in [0.5, 0.6) is 0 Å². The minimum absolute atomic E-state index is 0.863. The molecule has 0 aromatic heterocycles. The predicted molar refractivity (Wildman–Crippen MR) is 64.8 cm³/mol. The van der Waals surface area contributed by atoms with Gasteiger partial charge in [-0.25, -0.2) is 0 Å². The highest BCUT2D eigenvalue weighted by Crippen LogP contribution is 2.48. The molecule has 2 nitrogen and oxygen atoms in total. The van der Waals surface area contributed by atoms with E-state index in [0.717, 1.165) is 23.7 Å². The lowest BCUT2D eigenvalue weighted by molar-refractivity contribution is 0.190. The Morgan fingerprint density at radius 3 is 1.60 bits per heavy atom. The van der Waals surface area contributed by atoms with Gasteiger partial charge in [0.15, 0.2) is 0 Å². The van der Waals surface area contributed by atoms with E-state index >= 15 is 0 Å². The van der Waals surface area contributed by atoms with E-state index in [1.807, 2.05) is 0 Å². The lowest BCUT2D eigenvalue weighted by Gasteiger charge is -2.32. The molecule has 1 fully saturated rings. The van der Waals surface area contributed by atoms with Gasteiger partial charge in [0, 0.05) is 13.1 Å². The van der Waals surface area contributed by atoms with E-state index < -0.39 is 0 Å². The minimum Gasteiger partial charge on any atom is -0.309 e. The lowest BCUT2D eigenvalue weighted by Crippen LogP contribution is -2.35. The summed E-state index contributed by atoms with van der Waals surface area (Å²) in [4.78, 5) is 4.70. The Hall–Kier alpha value is -0.340. The Morgan fingerprint density at radius 2 is 1.27 bits per heavy atom. The maximum absolute atomic E-state index is 2.46. The van der Waals surface area contributed by atoms with E-state index in [0.29, 0.717) is 0 Å². The Kier molecular flexibility index (Phi) is 3.17. The first-order chi connectivity index (χ1) is 7.08. The van der Waals surface area contributed by atoms with E-state index in [1.165, 1.54) is 19.5 Å². The van der Waals surface area contributed by atoms with Gasteiger partial charge in [-0.05, 0) is 58.3 Å². The van der Waals surface area contributed by atoms with Gasteiger partial charge in [0.25, 0.3) is 0 Å². The fourth-order valence-corrected chi connectivity index (χ4v) is 3.41. The highest BCUT2D eigenvalue weighted by molar-refractivity contribution is 5.14. The minimum atomic E-state index is 0.863. The molecule has 1 saturated carbocycles. The van der Waals surface area contributed by atoms with Crippen molar-refractivity contribution >= 4 is 0 Å². The molecule has 15 heavy (non-hydrogen) atoms. The smallest absolute Gasteiger partial charge is 0.00125 e. The van der Waals surface area contributed by atoms with Gasteiger partial charge in [-0.1, -0.05) is 12.2 Å². The molecule has 0 aromatic carbocycles. The van der Waals surface area contributed by atoms with Crippen molar-refractivity contribution in [2.45, 2.75) is 6.42 Å². The van der Waals surface area contributed by atoms with E-state index in [4.69, 9.17) is 0 Å². The van der Waals surface area contributed by atoms with Gasteiger partial charge >= 0.3 is 0 Å². The van der Waals surface area contributed by atoms with Crippen LogP contribution in [-0.4, -0.2) is 51.1 Å². The molecule has 2 rings (SSSR count). The zero-order chi connectivity index (χ0) is 11.0. The summed E-state index contributed by atoms with van der Waals surface area (Å²) in [5.41, 5.74) is 0. The number of hydrogen-bond donors (Lipinski definition) is 0. The van der Waals surface area contributed by atoms with Gasteiger partial charge in [0.2, 0.25) is 0 Å². The Bertz CT molecular complexity index is 221. The molecule has 0 spiro atoms. The van der Waals surface area contributed by atoms with Crippen LogP contribution >= 0.6 is 0 Å². The average molecular weight is 208 g/mol. The lowest BCUT2D eigenvalue weighted by atomic mass is 9.82. The second-order valence-electron chi connectivity index (χ2n) is 5.80. The molecule has 2 aliphatic carbocycles. The van der Waals surface area contributed by atoms with Crippen LogP contribution < -0.4 is 0 Å². The molecule has 4 atom stereocenters. The second kappa shape index (κ2) is 4.26. The molecular weight excluding hydrogens is 184 g/mol. The topological polar surface area (TPSA) is 6.48 Å². The Labute approximate surface area is 93.9 Å². The summed E-state index contributed by atoms with van der Waals surface area (Å²) in [6.07, 6.45) is 6.34. The molecule has 0 N–H and O–H groups in total. The number of nitrogens with zero attached hydrogens (tertiary/aromatic N) is 2. The van der Waals surface area contributed by atoms with Crippen LogP contribution in [0.4, 0.5) is 0 Å². The third-order valence-electron chi connectivity index (χ3n) is 3.95. The third-order valence-corrected chi connectivity index (χ3v) is 3.95. The van der Waals surface area contributed by atoms with Gasteiger partial charge in [-0.2, -0.15) is 0 Å². The molecular formula is C13H24N2. The van der Waals surface area contributed by atoms with Crippen LogP contribution in [0.15, 0.2) is 12.2 Å². The van der Waals surface area contributed by atoms with Crippen LogP contribution in [0.2, 0.25) is 0 Å². The molecule has 0 amide bonds. The second-order valence-corrected chi connectivity index (χ2v) is 5.80. The fourth-order valence-electron chi connectivity index (χ4n) is 3.41. The molecule has 0 aromatic rings. The van der Waals surface area contributed by atoms with Crippen LogP contribution in [0.3, 0.4) is 0 Å². The van der Waals surface area contributed by atoms with Crippen molar-refractivity contribution in [3.05, 3.63) is 12.2 Å². The maximum Gasteiger partial charge on any atom is 0.00125 e. The summed E-state index contributed by atoms with van der Waals surface area (Å²) in [6, 6.07) is 0. The van der Waals surface area contributed by atoms with Gasteiger partial charge in [-0.3, -0.25) is 0 Å². The van der Waals surface area contributed by atoms with E-state index in [-0.39, 0.29) is 0 Å². The average Bonchev–Trinajstić information content (AvgIpc) is 2.67. The van der Waals surface area contributed by atoms with Crippen LogP contribution in [0, 0.1) is 23.7 Å². The Morgan fingerprint density at radius 1 is 0.867 bits per heavy atom. The van der Waals surface area contributed by atoms with Gasteiger partial charge in [0.05, 0.1) is 0 Å². The Balaban J connectivity index is 2.03. The summed E-state index contributed by atoms with van der Waals surface area (Å²) >= 11 is 0. The van der Waals surface area contributed by atoms with Crippen LogP contribution in [-0.2, 0) is 0 Å². The summed E-state index contributed by atoms with van der Waals surface area (Å²) in [7, 11) is 8.79. The van der Waals surface area contributed by atoms with Gasteiger partial charge in [-0.15, -0.1) is 0 Å². The predicted octanol–water partition coefficient (Wildman–Crippen LogP) is 1.55. The molecule has 86 valence electrons. The normalized spacial score (nSPS) is 38.5. The maximum atomic E-state index is 2.46. The third kappa shape index (κ3) is 2.26. The molecule has 0 aliphatic heterocycles. The van der Waals surface area contributed by atoms with Crippen LogP contribution in [0.25, 0.3) is 0 Å². The zero-order valence-corrected chi connectivity index (χ0v) is 10.5. The summed E-state index contributed by atoms with van der Waals surface area (Å²) in [5, 5.41) is 0. The number of rotatable bonds is 4. The van der Waals surface area contributed by atoms with Gasteiger partial charge < -0.3 is 9.80 Å². The molecule has 4 unspecified atom stereocenters. The van der Waals surface area contributed by atoms with Crippen molar-refractivity contribution < 1.29 is 0 Å². The van der Waals surface area contributed by atoms with Crippen molar-refractivity contribution in [2.75, 3.05) is 41.3 Å². The van der Waals surface area contributed by atoms with E-state index in [2.05, 4.69) is 50.1 Å². The number of fused-ring (bicyclic) bond motifs is 2. The van der Waals surface area contributed by atoms with E-state index in [9.17, 15) is 0 Å². The molecule has 2 bridgehead atoms. The molecule has 0 heterocycles. The highest BCUT2D eigenvalue weighted by atomic mass is 15.1. The fraction of sp³-hybridized carbons (Fsp3) is 0.846. The van der Waals surface area contributed by atoms with Crippen molar-refractivity contribution in [3.63, 3.8) is 0 Å². The molecule has 2 aliphatic rings. The quantitative estimate of drug-likeness (QED) is 0.647. The molecule has 0 saturated heterocycles. The largest absolute Gasteiger partial charge is 0.309 e. The first kappa shape index (κ1) is 11.2. The van der Waals surface area contributed by atoms with Gasteiger partial charge in [0.1, 0.15) is 0 Å². The first-order valence-corrected chi connectivity index (χ1v) is 6.05. The first-order valence-electron chi connectivity index (χ1n) is 6.05. The summed E-state index contributed by atoms with van der Waals surface area (Å²) in [6.45, 7) is 2.51. The summed E-state index contributed by atoms with van der Waals surface area (Å²) in [5.74, 6) is 3.50. The SMILES string of the molecule is CN(C)CC1C2C=CC(C2)C1CN(C)C. The van der Waals surface area contributed by atoms with Crippen molar-refractivity contribution in [1.82, 2.24) is 9.80 Å². The van der Waals surface area contributed by atoms with Crippen molar-refractivity contribution in [1.29, 1.82) is 0 Å².